The number of nitrogens with zero attached hydrogens (tertiary/aromatic N) is 3. The normalized spacial score (nSPS) is 11.0. The van der Waals surface area contributed by atoms with Crippen LogP contribution >= 0.6 is 11.6 Å². The number of halogens is 1. The Hall–Kier alpha value is -2.80. The summed E-state index contributed by atoms with van der Waals surface area (Å²) in [5, 5.41) is 7.27. The summed E-state index contributed by atoms with van der Waals surface area (Å²) < 4.78 is 0. The van der Waals surface area contributed by atoms with Crippen molar-refractivity contribution in [2.75, 3.05) is 5.32 Å². The fraction of sp³-hybridized carbons (Fsp3) is 0.188. The summed E-state index contributed by atoms with van der Waals surface area (Å²) in [5.41, 5.74) is 4.48. The van der Waals surface area contributed by atoms with E-state index in [4.69, 9.17) is 11.6 Å². The van der Waals surface area contributed by atoms with E-state index >= 15 is 0 Å². The van der Waals surface area contributed by atoms with Crippen LogP contribution in [0.2, 0.25) is 5.02 Å². The summed E-state index contributed by atoms with van der Waals surface area (Å²) >= 11 is 5.88. The number of anilines is 1. The first kappa shape index (κ1) is 17.6. The molecular formula is C16H16ClN5O2. The Morgan fingerprint density at radius 1 is 1.29 bits per heavy atom. The largest absolute Gasteiger partial charge is 0.326 e. The van der Waals surface area contributed by atoms with E-state index in [-0.39, 0.29) is 18.0 Å². The molecule has 124 valence electrons. The highest BCUT2D eigenvalue weighted by Crippen LogP contribution is 2.19. The van der Waals surface area contributed by atoms with Gasteiger partial charge < -0.3 is 5.32 Å². The highest BCUT2D eigenvalue weighted by Gasteiger charge is 2.09. The first-order chi connectivity index (χ1) is 11.5. The predicted octanol–water partition coefficient (Wildman–Crippen LogP) is 2.57. The topological polar surface area (TPSA) is 96.3 Å². The lowest BCUT2D eigenvalue weighted by Gasteiger charge is -2.08. The van der Waals surface area contributed by atoms with Gasteiger partial charge >= 0.3 is 0 Å². The van der Waals surface area contributed by atoms with Crippen molar-refractivity contribution in [2.45, 2.75) is 20.3 Å². The van der Waals surface area contributed by atoms with Gasteiger partial charge in [0, 0.05) is 28.8 Å². The van der Waals surface area contributed by atoms with Crippen molar-refractivity contribution >= 4 is 34.8 Å². The molecule has 1 heterocycles. The fourth-order valence-electron chi connectivity index (χ4n) is 1.85. The lowest BCUT2D eigenvalue weighted by atomic mass is 10.2. The number of aryl methyl sites for hydroxylation is 1. The molecule has 0 spiro atoms. The monoisotopic (exact) mass is 345 g/mol. The Morgan fingerprint density at radius 3 is 2.75 bits per heavy atom. The predicted molar refractivity (Wildman–Crippen MR) is 92.0 cm³/mol. The summed E-state index contributed by atoms with van der Waals surface area (Å²) in [5.74, 6) is -0.730. The van der Waals surface area contributed by atoms with Gasteiger partial charge in [-0.15, -0.1) is 0 Å². The van der Waals surface area contributed by atoms with E-state index in [0.29, 0.717) is 16.4 Å². The lowest BCUT2D eigenvalue weighted by Crippen LogP contribution is -2.22. The van der Waals surface area contributed by atoms with Crippen LogP contribution in [0.3, 0.4) is 0 Å². The van der Waals surface area contributed by atoms with Crippen LogP contribution in [0.25, 0.3) is 0 Å². The van der Waals surface area contributed by atoms with Crippen molar-refractivity contribution in [3.63, 3.8) is 0 Å². The molecule has 0 atom stereocenters. The van der Waals surface area contributed by atoms with Gasteiger partial charge in [-0.05, 0) is 37.6 Å². The molecule has 0 saturated heterocycles. The van der Waals surface area contributed by atoms with Crippen LogP contribution in [-0.2, 0) is 4.79 Å². The molecule has 1 aromatic carbocycles. The van der Waals surface area contributed by atoms with Gasteiger partial charge in [0.15, 0.2) is 0 Å². The number of amides is 2. The van der Waals surface area contributed by atoms with Crippen LogP contribution < -0.4 is 10.7 Å². The molecular weight excluding hydrogens is 330 g/mol. The first-order valence-electron chi connectivity index (χ1n) is 7.11. The third-order valence-electron chi connectivity index (χ3n) is 3.02. The van der Waals surface area contributed by atoms with E-state index in [0.717, 1.165) is 5.56 Å². The minimum absolute atomic E-state index is 0.0445. The molecule has 0 saturated carbocycles. The van der Waals surface area contributed by atoms with Gasteiger partial charge in [0.2, 0.25) is 5.91 Å². The number of aromatic nitrogens is 2. The molecule has 0 radical (unpaired) electrons. The van der Waals surface area contributed by atoms with Crippen LogP contribution in [0.4, 0.5) is 5.69 Å². The Bertz CT molecular complexity index is 777. The van der Waals surface area contributed by atoms with Gasteiger partial charge in [0.25, 0.3) is 5.91 Å². The second-order valence-corrected chi connectivity index (χ2v) is 5.50. The van der Waals surface area contributed by atoms with Gasteiger partial charge in [-0.3, -0.25) is 14.6 Å². The molecule has 2 rings (SSSR count). The summed E-state index contributed by atoms with van der Waals surface area (Å²) in [4.78, 5) is 31.4. The zero-order valence-electron chi connectivity index (χ0n) is 13.2. The fourth-order valence-corrected chi connectivity index (χ4v) is 2.08. The molecule has 0 unspecified atom stereocenters. The van der Waals surface area contributed by atoms with Gasteiger partial charge in [0.05, 0.1) is 12.6 Å². The summed E-state index contributed by atoms with van der Waals surface area (Å²) in [7, 11) is 0. The van der Waals surface area contributed by atoms with Crippen molar-refractivity contribution in [1.29, 1.82) is 0 Å². The summed E-state index contributed by atoms with van der Waals surface area (Å²) in [6.45, 7) is 3.49. The minimum atomic E-state index is -0.489. The van der Waals surface area contributed by atoms with Gasteiger partial charge in [-0.25, -0.2) is 10.4 Å². The number of hydrogen-bond acceptors (Lipinski definition) is 5. The van der Waals surface area contributed by atoms with Crippen molar-refractivity contribution in [1.82, 2.24) is 15.4 Å². The molecule has 0 aliphatic carbocycles. The molecule has 2 aromatic rings. The van der Waals surface area contributed by atoms with Crippen LogP contribution in [0.1, 0.15) is 29.4 Å². The van der Waals surface area contributed by atoms with E-state index in [2.05, 4.69) is 25.8 Å². The van der Waals surface area contributed by atoms with Gasteiger partial charge in [0.1, 0.15) is 5.69 Å². The average molecular weight is 346 g/mol. The quantitative estimate of drug-likeness (QED) is 0.643. The molecule has 24 heavy (non-hydrogen) atoms. The first-order valence-corrected chi connectivity index (χ1v) is 7.49. The molecule has 2 N–H and O–H groups in total. The summed E-state index contributed by atoms with van der Waals surface area (Å²) in [6.07, 6.45) is 4.25. The maximum absolute atomic E-state index is 12.0. The molecule has 0 aliphatic rings. The number of hydrazone groups is 1. The number of rotatable bonds is 5. The maximum atomic E-state index is 12.0. The molecule has 0 fully saturated rings. The number of carbonyl (C=O) groups is 2. The van der Waals surface area contributed by atoms with Gasteiger partial charge in [-0.1, -0.05) is 11.6 Å². The molecule has 2 amide bonds. The number of hydrogen-bond donors (Lipinski definition) is 2. The Kier molecular flexibility index (Phi) is 5.97. The Morgan fingerprint density at radius 2 is 2.08 bits per heavy atom. The molecule has 8 heteroatoms. The minimum Gasteiger partial charge on any atom is -0.326 e. The van der Waals surface area contributed by atoms with E-state index < -0.39 is 5.91 Å². The third-order valence-corrected chi connectivity index (χ3v) is 3.26. The van der Waals surface area contributed by atoms with E-state index in [1.54, 1.807) is 25.1 Å². The molecule has 7 nitrogen and oxygen atoms in total. The third kappa shape index (κ3) is 5.13. The standard InChI is InChI=1S/C16H16ClN5O2/c1-10-7-12(17)3-4-13(10)20-15(23)8-11(2)21-22-16(24)14-9-18-5-6-19-14/h3-7,9H,8H2,1-2H3,(H,20,23)(H,22,24)/b21-11+. The van der Waals surface area contributed by atoms with Crippen molar-refractivity contribution in [3.05, 3.63) is 53.1 Å². The highest BCUT2D eigenvalue weighted by molar-refractivity contribution is 6.30. The van der Waals surface area contributed by atoms with E-state index in [1.807, 2.05) is 6.92 Å². The van der Waals surface area contributed by atoms with Crippen molar-refractivity contribution < 1.29 is 9.59 Å². The molecule has 0 bridgehead atoms. The second kappa shape index (κ2) is 8.16. The summed E-state index contributed by atoms with van der Waals surface area (Å²) in [6, 6.07) is 5.20. The zero-order chi connectivity index (χ0) is 17.5. The Balaban J connectivity index is 1.90. The second-order valence-electron chi connectivity index (χ2n) is 5.06. The van der Waals surface area contributed by atoms with Crippen molar-refractivity contribution in [2.24, 2.45) is 5.10 Å². The van der Waals surface area contributed by atoms with Crippen LogP contribution in [-0.4, -0.2) is 27.5 Å². The van der Waals surface area contributed by atoms with Crippen molar-refractivity contribution in [3.8, 4) is 0 Å². The lowest BCUT2D eigenvalue weighted by molar-refractivity contribution is -0.115. The van der Waals surface area contributed by atoms with Gasteiger partial charge in [-0.2, -0.15) is 5.10 Å². The number of benzene rings is 1. The molecule has 1 aromatic heterocycles. The number of nitrogens with one attached hydrogen (secondary N) is 2. The SMILES string of the molecule is C/C(CC(=O)Nc1ccc(Cl)cc1C)=N\NC(=O)c1cnccn1. The smallest absolute Gasteiger partial charge is 0.291 e. The maximum Gasteiger partial charge on any atom is 0.291 e. The Labute approximate surface area is 144 Å². The molecule has 0 aliphatic heterocycles. The zero-order valence-corrected chi connectivity index (χ0v) is 14.0. The van der Waals surface area contributed by atoms with Crippen LogP contribution in [0.15, 0.2) is 41.9 Å². The van der Waals surface area contributed by atoms with E-state index in [9.17, 15) is 9.59 Å². The highest BCUT2D eigenvalue weighted by atomic mass is 35.5. The number of carbonyl (C=O) groups excluding carboxylic acids is 2. The van der Waals surface area contributed by atoms with E-state index in [1.165, 1.54) is 18.6 Å². The van der Waals surface area contributed by atoms with Crippen LogP contribution in [0, 0.1) is 6.92 Å². The van der Waals surface area contributed by atoms with Crippen LogP contribution in [0.5, 0.6) is 0 Å². The average Bonchev–Trinajstić information content (AvgIpc) is 2.56.